The Labute approximate surface area is 332 Å². The van der Waals surface area contributed by atoms with Crippen molar-refractivity contribution in [2.45, 2.75) is 0 Å². The summed E-state index contributed by atoms with van der Waals surface area (Å²) in [6.45, 7) is 0. The maximum absolute atomic E-state index is 5.35. The minimum absolute atomic E-state index is 0.401. The van der Waals surface area contributed by atoms with Gasteiger partial charge in [-0.25, -0.2) is 0 Å². The van der Waals surface area contributed by atoms with Crippen molar-refractivity contribution in [3.8, 4) is 61.6 Å². The molecule has 0 N–H and O–H groups in total. The first-order valence-corrected chi connectivity index (χ1v) is 23.0. The van der Waals surface area contributed by atoms with Gasteiger partial charge in [-0.2, -0.15) is 0 Å². The average molecular weight is 816 g/mol. The number of hydrogen-bond acceptors (Lipinski definition) is 1. The molecule has 3 heterocycles. The topological polar surface area (TPSA) is 17.8 Å². The van der Waals surface area contributed by atoms with E-state index in [-0.39, 0.29) is 0 Å². The fraction of sp³-hybridized carbons (Fsp3) is 0. The summed E-state index contributed by atoms with van der Waals surface area (Å²) < 4.78 is 8.53. The van der Waals surface area contributed by atoms with Gasteiger partial charge in [-0.15, -0.1) is 0 Å². The molecule has 12 rings (SSSR count). The summed E-state index contributed by atoms with van der Waals surface area (Å²) >= 11 is -0.801. The van der Waals surface area contributed by atoms with Gasteiger partial charge in [0.25, 0.3) is 0 Å². The normalized spacial score (nSPS) is 12.6. The second kappa shape index (κ2) is 12.3. The summed E-state index contributed by atoms with van der Waals surface area (Å²) in [6.07, 6.45) is 0. The van der Waals surface area contributed by atoms with Gasteiger partial charge in [0, 0.05) is 0 Å². The third-order valence-corrected chi connectivity index (χ3v) is 17.3. The van der Waals surface area contributed by atoms with Crippen LogP contribution in [0, 0.1) is 0 Å². The molecule has 0 saturated carbocycles. The molecule has 9 aromatic carbocycles. The molecule has 4 heteroatoms. The van der Waals surface area contributed by atoms with E-state index >= 15 is 0 Å². The third kappa shape index (κ3) is 4.71. The van der Waals surface area contributed by atoms with Crippen LogP contribution < -0.4 is 17.6 Å². The fourth-order valence-electron chi connectivity index (χ4n) is 9.14. The molecular formula is C51H30Ge2N2. The summed E-state index contributed by atoms with van der Waals surface area (Å²) in [5, 5.41) is 4.96. The van der Waals surface area contributed by atoms with Crippen molar-refractivity contribution in [2.75, 3.05) is 0 Å². The second-order valence-corrected chi connectivity index (χ2v) is 20.0. The fourth-order valence-corrected chi connectivity index (χ4v) is 15.0. The molecule has 10 aromatic rings. The Balaban J connectivity index is 1.24. The van der Waals surface area contributed by atoms with Gasteiger partial charge in [0.2, 0.25) is 0 Å². The van der Waals surface area contributed by atoms with Crippen molar-refractivity contribution in [1.82, 2.24) is 9.55 Å². The van der Waals surface area contributed by atoms with Gasteiger partial charge >= 0.3 is 328 Å². The summed E-state index contributed by atoms with van der Waals surface area (Å²) in [5.41, 5.74) is 15.2. The van der Waals surface area contributed by atoms with Crippen LogP contribution in [0.2, 0.25) is 0 Å². The number of para-hydroxylation sites is 2. The van der Waals surface area contributed by atoms with Gasteiger partial charge in [-0.05, 0) is 0 Å². The Kier molecular flexibility index (Phi) is 7.02. The Morgan fingerprint density at radius 2 is 0.836 bits per heavy atom. The maximum atomic E-state index is 5.35. The standard InChI is InChI=1S/C51H30Ge2N2/c1-2-14-31(15-3-1)51-54-46-28-8-9-29-47(46)55(51)50-36-22-10-18-32(34-20-12-26-44-48(34)38-16-4-6-24-42(38)52-44)40(36)30-41-33(19-11-23-37(41)50)35-21-13-27-45-49(35)39-17-5-7-25-43(39)53-45/h1-30H. The summed E-state index contributed by atoms with van der Waals surface area (Å²) in [5.74, 6) is 0.950. The molecule has 0 unspecified atom stereocenters. The van der Waals surface area contributed by atoms with Crippen LogP contribution in [0.25, 0.3) is 94.2 Å². The molecule has 0 amide bonds. The number of nitrogens with zero attached hydrogens (tertiary/aromatic N) is 2. The van der Waals surface area contributed by atoms with Crippen molar-refractivity contribution >= 4 is 81.0 Å². The molecule has 0 atom stereocenters. The first-order chi connectivity index (χ1) is 27.3. The number of hydrogen-bond donors (Lipinski definition) is 0. The van der Waals surface area contributed by atoms with Gasteiger partial charge in [0.05, 0.1) is 0 Å². The van der Waals surface area contributed by atoms with E-state index in [4.69, 9.17) is 4.98 Å². The molecule has 2 aliphatic rings. The Morgan fingerprint density at radius 3 is 1.45 bits per heavy atom. The van der Waals surface area contributed by atoms with Gasteiger partial charge in [0.1, 0.15) is 0 Å². The zero-order valence-electron chi connectivity index (χ0n) is 29.7. The molecule has 252 valence electrons. The minimum atomic E-state index is -0.401. The van der Waals surface area contributed by atoms with Crippen LogP contribution in [-0.2, 0) is 0 Å². The average Bonchev–Trinajstić information content (AvgIpc) is 3.94. The van der Waals surface area contributed by atoms with Gasteiger partial charge in [0.15, 0.2) is 0 Å². The first-order valence-electron chi connectivity index (χ1n) is 18.8. The molecular weight excluding hydrogens is 786 g/mol. The molecule has 0 saturated heterocycles. The van der Waals surface area contributed by atoms with E-state index in [0.717, 1.165) is 22.4 Å². The van der Waals surface area contributed by atoms with Crippen molar-refractivity contribution in [1.29, 1.82) is 0 Å². The molecule has 1 aromatic heterocycles. The van der Waals surface area contributed by atoms with E-state index in [2.05, 4.69) is 187 Å². The summed E-state index contributed by atoms with van der Waals surface area (Å²) in [4.78, 5) is 5.35. The second-order valence-electron chi connectivity index (χ2n) is 14.4. The molecule has 0 bridgehead atoms. The van der Waals surface area contributed by atoms with E-state index in [1.54, 1.807) is 0 Å². The number of imidazole rings is 1. The summed E-state index contributed by atoms with van der Waals surface area (Å²) in [7, 11) is 0. The van der Waals surface area contributed by atoms with Gasteiger partial charge < -0.3 is 0 Å². The molecule has 55 heavy (non-hydrogen) atoms. The molecule has 2 aliphatic heterocycles. The van der Waals surface area contributed by atoms with Crippen molar-refractivity contribution in [3.63, 3.8) is 0 Å². The SMILES string of the molecule is c1ccc(-c2nc3ccccc3n2-c2c3cccc(-c4ccc[c]5c4-c4cccc[c]4[Ge]5)c3cc3c(-c4ccc[c]5c4-c4cccc[c]4[Ge]5)cccc23)cc1. The number of fused-ring (bicyclic) bond motifs is 9. The van der Waals surface area contributed by atoms with E-state index in [1.165, 1.54) is 89.3 Å². The zero-order valence-corrected chi connectivity index (χ0v) is 33.9. The molecule has 4 radical (unpaired) electrons. The van der Waals surface area contributed by atoms with E-state index in [1.807, 2.05) is 0 Å². The first kappa shape index (κ1) is 31.4. The van der Waals surface area contributed by atoms with Gasteiger partial charge in [-0.1, -0.05) is 6.07 Å². The van der Waals surface area contributed by atoms with E-state index in [0.29, 0.717) is 0 Å². The van der Waals surface area contributed by atoms with Crippen LogP contribution in [0.15, 0.2) is 182 Å². The van der Waals surface area contributed by atoms with Crippen molar-refractivity contribution in [3.05, 3.63) is 182 Å². The number of aromatic nitrogens is 2. The van der Waals surface area contributed by atoms with Gasteiger partial charge in [-0.3, -0.25) is 0 Å². The molecule has 2 nitrogen and oxygen atoms in total. The Morgan fingerprint density at radius 1 is 0.364 bits per heavy atom. The molecule has 0 spiro atoms. The van der Waals surface area contributed by atoms with Crippen LogP contribution in [-0.4, -0.2) is 40.4 Å². The van der Waals surface area contributed by atoms with Crippen molar-refractivity contribution < 1.29 is 0 Å². The van der Waals surface area contributed by atoms with Crippen molar-refractivity contribution in [2.24, 2.45) is 0 Å². The van der Waals surface area contributed by atoms with E-state index < -0.39 is 30.9 Å². The Hall–Kier alpha value is -5.94. The summed E-state index contributed by atoms with van der Waals surface area (Å²) in [6, 6.07) is 67.8. The van der Waals surface area contributed by atoms with E-state index in [9.17, 15) is 0 Å². The van der Waals surface area contributed by atoms with Crippen LogP contribution in [0.1, 0.15) is 0 Å². The quantitative estimate of drug-likeness (QED) is 0.128. The van der Waals surface area contributed by atoms with Crippen LogP contribution >= 0.6 is 0 Å². The van der Waals surface area contributed by atoms with Crippen LogP contribution in [0.5, 0.6) is 0 Å². The van der Waals surface area contributed by atoms with Crippen LogP contribution in [0.4, 0.5) is 0 Å². The zero-order chi connectivity index (χ0) is 36.0. The predicted octanol–water partition coefficient (Wildman–Crippen LogP) is 9.60. The molecule has 0 fully saturated rings. The predicted molar refractivity (Wildman–Crippen MR) is 233 cm³/mol. The monoisotopic (exact) mass is 818 g/mol. The van der Waals surface area contributed by atoms with Crippen LogP contribution in [0.3, 0.4) is 0 Å². The third-order valence-electron chi connectivity index (χ3n) is 11.5. The Bertz CT molecular complexity index is 3060. The number of benzene rings is 9. The number of rotatable bonds is 4. The molecule has 0 aliphatic carbocycles.